The number of carbonyl (C=O) groups is 1. The van der Waals surface area contributed by atoms with Crippen LogP contribution in [0.4, 0.5) is 0 Å². The van der Waals surface area contributed by atoms with Gasteiger partial charge in [-0.2, -0.15) is 17.4 Å². The Balaban J connectivity index is 2.09. The molecule has 6 nitrogen and oxygen atoms in total. The van der Waals surface area contributed by atoms with E-state index in [1.54, 1.807) is 0 Å². The second kappa shape index (κ2) is 6.62. The lowest BCUT2D eigenvalue weighted by Gasteiger charge is -2.33. The van der Waals surface area contributed by atoms with Gasteiger partial charge in [-0.3, -0.25) is 4.79 Å². The maximum Gasteiger partial charge on any atom is 0.322 e. The Morgan fingerprint density at radius 1 is 1.29 bits per heavy atom. The van der Waals surface area contributed by atoms with E-state index >= 15 is 0 Å². The highest BCUT2D eigenvalue weighted by atomic mass is 32.2. The van der Waals surface area contributed by atoms with Crippen molar-refractivity contribution in [2.45, 2.75) is 64.5 Å². The number of piperidine rings is 1. The molecule has 122 valence electrons. The molecule has 1 heterocycles. The van der Waals surface area contributed by atoms with Gasteiger partial charge in [0, 0.05) is 12.6 Å². The summed E-state index contributed by atoms with van der Waals surface area (Å²) in [6.07, 6.45) is 4.82. The zero-order valence-electron chi connectivity index (χ0n) is 12.8. The first-order valence-electron chi connectivity index (χ1n) is 7.88. The zero-order chi connectivity index (χ0) is 15.6. The second-order valence-corrected chi connectivity index (χ2v) is 7.95. The fraction of sp³-hybridized carbons (Fsp3) is 0.929. The molecule has 1 saturated heterocycles. The molecular weight excluding hydrogens is 292 g/mol. The van der Waals surface area contributed by atoms with Gasteiger partial charge in [-0.15, -0.1) is 0 Å². The Labute approximate surface area is 127 Å². The minimum Gasteiger partial charge on any atom is -0.480 e. The molecule has 7 heteroatoms. The predicted octanol–water partition coefficient (Wildman–Crippen LogP) is 1.58. The number of carboxylic acid groups (broad SMARTS) is 1. The number of rotatable bonds is 5. The summed E-state index contributed by atoms with van der Waals surface area (Å²) in [6.45, 7) is 4.51. The van der Waals surface area contributed by atoms with Crippen molar-refractivity contribution in [3.63, 3.8) is 0 Å². The minimum absolute atomic E-state index is 0.0729. The van der Waals surface area contributed by atoms with Crippen LogP contribution in [0.25, 0.3) is 0 Å². The Morgan fingerprint density at radius 3 is 2.57 bits per heavy atom. The van der Waals surface area contributed by atoms with Gasteiger partial charge < -0.3 is 5.11 Å². The number of hydrogen-bond donors (Lipinski definition) is 2. The molecule has 1 saturated carbocycles. The molecule has 0 aromatic rings. The van der Waals surface area contributed by atoms with Crippen LogP contribution < -0.4 is 4.72 Å². The van der Waals surface area contributed by atoms with Gasteiger partial charge in [0.05, 0.1) is 0 Å². The van der Waals surface area contributed by atoms with Crippen molar-refractivity contribution in [3.8, 4) is 0 Å². The SMILES string of the molecule is CCC1CCC(NS(=O)(=O)N2CCCCC2C(=O)O)C1C. The largest absolute Gasteiger partial charge is 0.480 e. The van der Waals surface area contributed by atoms with Crippen molar-refractivity contribution in [2.75, 3.05) is 6.54 Å². The third-order valence-electron chi connectivity index (χ3n) is 5.10. The first-order valence-corrected chi connectivity index (χ1v) is 9.32. The lowest BCUT2D eigenvalue weighted by atomic mass is 9.94. The molecule has 0 spiro atoms. The average molecular weight is 318 g/mol. The predicted molar refractivity (Wildman–Crippen MR) is 80.0 cm³/mol. The third-order valence-corrected chi connectivity index (χ3v) is 6.75. The van der Waals surface area contributed by atoms with Gasteiger partial charge in [0.1, 0.15) is 6.04 Å². The number of hydrogen-bond acceptors (Lipinski definition) is 3. The molecule has 4 unspecified atom stereocenters. The van der Waals surface area contributed by atoms with Gasteiger partial charge in [0.25, 0.3) is 10.2 Å². The smallest absolute Gasteiger partial charge is 0.322 e. The van der Waals surface area contributed by atoms with Gasteiger partial charge >= 0.3 is 5.97 Å². The lowest BCUT2D eigenvalue weighted by Crippen LogP contribution is -2.54. The van der Waals surface area contributed by atoms with Crippen LogP contribution in [0.1, 0.15) is 52.4 Å². The van der Waals surface area contributed by atoms with E-state index in [0.717, 1.165) is 36.4 Å². The first kappa shape index (κ1) is 16.7. The minimum atomic E-state index is -3.72. The van der Waals surface area contributed by atoms with Crippen molar-refractivity contribution < 1.29 is 18.3 Å². The van der Waals surface area contributed by atoms with Crippen molar-refractivity contribution in [1.82, 2.24) is 9.03 Å². The Hall–Kier alpha value is -0.660. The molecule has 0 bridgehead atoms. The monoisotopic (exact) mass is 318 g/mol. The molecule has 2 N–H and O–H groups in total. The van der Waals surface area contributed by atoms with Crippen LogP contribution in [0.15, 0.2) is 0 Å². The zero-order valence-corrected chi connectivity index (χ0v) is 13.6. The first-order chi connectivity index (χ1) is 9.86. The van der Waals surface area contributed by atoms with E-state index < -0.39 is 22.2 Å². The number of carboxylic acids is 1. The fourth-order valence-electron chi connectivity index (χ4n) is 3.69. The number of nitrogens with zero attached hydrogens (tertiary/aromatic N) is 1. The Morgan fingerprint density at radius 2 is 2.00 bits per heavy atom. The van der Waals surface area contributed by atoms with Crippen LogP contribution in [-0.2, 0) is 15.0 Å². The molecule has 0 amide bonds. The van der Waals surface area contributed by atoms with Crippen LogP contribution >= 0.6 is 0 Å². The Kier molecular flexibility index (Phi) is 5.27. The quantitative estimate of drug-likeness (QED) is 0.806. The van der Waals surface area contributed by atoms with E-state index in [1.165, 1.54) is 0 Å². The number of nitrogens with one attached hydrogen (secondary N) is 1. The van der Waals surface area contributed by atoms with Crippen LogP contribution in [0.2, 0.25) is 0 Å². The summed E-state index contributed by atoms with van der Waals surface area (Å²) in [5.41, 5.74) is 0. The summed E-state index contributed by atoms with van der Waals surface area (Å²) >= 11 is 0. The van der Waals surface area contributed by atoms with Crippen molar-refractivity contribution in [1.29, 1.82) is 0 Å². The maximum absolute atomic E-state index is 12.5. The van der Waals surface area contributed by atoms with Gasteiger partial charge in [0.15, 0.2) is 0 Å². The highest BCUT2D eigenvalue weighted by Crippen LogP contribution is 2.34. The molecule has 1 aliphatic heterocycles. The fourth-order valence-corrected chi connectivity index (χ4v) is 5.44. The van der Waals surface area contributed by atoms with Crippen molar-refractivity contribution >= 4 is 16.2 Å². The summed E-state index contributed by atoms with van der Waals surface area (Å²) in [4.78, 5) is 11.3. The molecule has 21 heavy (non-hydrogen) atoms. The van der Waals surface area contributed by atoms with E-state index in [9.17, 15) is 18.3 Å². The maximum atomic E-state index is 12.5. The summed E-state index contributed by atoms with van der Waals surface area (Å²) < 4.78 is 29.0. The van der Waals surface area contributed by atoms with Crippen LogP contribution in [0.5, 0.6) is 0 Å². The molecule has 0 radical (unpaired) electrons. The standard InChI is InChI=1S/C14H26N2O4S/c1-3-11-7-8-12(10(11)2)15-21(19,20)16-9-5-4-6-13(16)14(17)18/h10-13,15H,3-9H2,1-2H3,(H,17,18). The van der Waals surface area contributed by atoms with E-state index in [0.29, 0.717) is 24.8 Å². The van der Waals surface area contributed by atoms with Crippen molar-refractivity contribution in [3.05, 3.63) is 0 Å². The molecule has 0 aromatic heterocycles. The van der Waals surface area contributed by atoms with Crippen LogP contribution in [0, 0.1) is 11.8 Å². The van der Waals surface area contributed by atoms with Gasteiger partial charge in [0.2, 0.25) is 0 Å². The van der Waals surface area contributed by atoms with Crippen molar-refractivity contribution in [2.24, 2.45) is 11.8 Å². The highest BCUT2D eigenvalue weighted by molar-refractivity contribution is 7.87. The van der Waals surface area contributed by atoms with E-state index in [1.807, 2.05) is 0 Å². The summed E-state index contributed by atoms with van der Waals surface area (Å²) in [6, 6.07) is -0.994. The van der Waals surface area contributed by atoms with E-state index in [2.05, 4.69) is 18.6 Å². The molecule has 2 fully saturated rings. The molecule has 0 aromatic carbocycles. The Bertz CT molecular complexity index is 479. The lowest BCUT2D eigenvalue weighted by molar-refractivity contribution is -0.142. The molecule has 1 aliphatic carbocycles. The third kappa shape index (κ3) is 3.57. The van der Waals surface area contributed by atoms with Crippen LogP contribution in [-0.4, -0.2) is 42.4 Å². The summed E-state index contributed by atoms with van der Waals surface area (Å²) in [5, 5.41) is 9.23. The normalized spacial score (nSPS) is 35.0. The number of aliphatic carboxylic acids is 1. The van der Waals surface area contributed by atoms with Gasteiger partial charge in [-0.05, 0) is 43.9 Å². The molecule has 2 aliphatic rings. The highest BCUT2D eigenvalue weighted by Gasteiger charge is 2.40. The van der Waals surface area contributed by atoms with E-state index in [4.69, 9.17) is 0 Å². The summed E-state index contributed by atoms with van der Waals surface area (Å²) in [7, 11) is -3.72. The second-order valence-electron chi connectivity index (χ2n) is 6.29. The molecule has 2 rings (SSSR count). The van der Waals surface area contributed by atoms with Crippen LogP contribution in [0.3, 0.4) is 0 Å². The van der Waals surface area contributed by atoms with Gasteiger partial charge in [-0.25, -0.2) is 0 Å². The van der Waals surface area contributed by atoms with Gasteiger partial charge in [-0.1, -0.05) is 20.3 Å². The average Bonchev–Trinajstić information content (AvgIpc) is 2.79. The molecule has 4 atom stereocenters. The van der Waals surface area contributed by atoms with E-state index in [-0.39, 0.29) is 6.04 Å². The topological polar surface area (TPSA) is 86.7 Å². The summed E-state index contributed by atoms with van der Waals surface area (Å²) in [5.74, 6) is -0.196. The molecular formula is C14H26N2O4S.